The minimum absolute atomic E-state index is 0.0474. The second kappa shape index (κ2) is 15.4. The van der Waals surface area contributed by atoms with Crippen LogP contribution in [0.15, 0.2) is 70.1 Å². The first-order chi connectivity index (χ1) is 24.7. The molecule has 0 spiro atoms. The van der Waals surface area contributed by atoms with Crippen LogP contribution in [0, 0.1) is 13.8 Å². The van der Waals surface area contributed by atoms with E-state index in [1.54, 1.807) is 12.3 Å². The van der Waals surface area contributed by atoms with Crippen molar-refractivity contribution < 1.29 is 32.2 Å². The quantitative estimate of drug-likeness (QED) is 0.119. The van der Waals surface area contributed by atoms with Crippen LogP contribution in [0.25, 0.3) is 22.5 Å². The van der Waals surface area contributed by atoms with Gasteiger partial charge in [0.05, 0.1) is 34.1 Å². The fourth-order valence-electron chi connectivity index (χ4n) is 6.14. The number of rotatable bonds is 13. The van der Waals surface area contributed by atoms with E-state index in [2.05, 4.69) is 45.8 Å². The third-order valence-electron chi connectivity index (χ3n) is 8.91. The molecule has 13 nitrogen and oxygen atoms in total. The maximum atomic E-state index is 13.4. The van der Waals surface area contributed by atoms with Gasteiger partial charge in [0.1, 0.15) is 17.9 Å². The number of hydrogen-bond acceptors (Lipinski definition) is 11. The number of carboxylic acids is 1. The van der Waals surface area contributed by atoms with Crippen molar-refractivity contribution in [3.63, 3.8) is 0 Å². The fourth-order valence-corrected chi connectivity index (χ4v) is 7.13. The highest BCUT2D eigenvalue weighted by molar-refractivity contribution is 7.92. The molecule has 0 bridgehead atoms. The topological polar surface area (TPSA) is 179 Å². The monoisotopic (exact) mass is 728 g/mol. The van der Waals surface area contributed by atoms with Gasteiger partial charge in [0.15, 0.2) is 0 Å². The minimum Gasteiger partial charge on any atom is -0.478 e. The summed E-state index contributed by atoms with van der Waals surface area (Å²) in [7, 11) is -4.26. The van der Waals surface area contributed by atoms with Crippen LogP contribution in [0.5, 0.6) is 5.88 Å². The molecule has 0 amide bonds. The number of carboxylic acid groups (broad SMARTS) is 1. The summed E-state index contributed by atoms with van der Waals surface area (Å²) in [6, 6.07) is 14.3. The predicted octanol–water partition coefficient (Wildman–Crippen LogP) is 6.59. The van der Waals surface area contributed by atoms with Crippen LogP contribution in [0.3, 0.4) is 0 Å². The van der Waals surface area contributed by atoms with E-state index in [4.69, 9.17) is 18.9 Å². The summed E-state index contributed by atoms with van der Waals surface area (Å²) in [5.74, 6) is -0.481. The van der Waals surface area contributed by atoms with E-state index in [1.807, 2.05) is 38.1 Å². The second-order valence-corrected chi connectivity index (χ2v) is 15.8. The van der Waals surface area contributed by atoms with Gasteiger partial charge in [0, 0.05) is 42.3 Å². The molecule has 1 saturated heterocycles. The molecule has 274 valence electrons. The number of sulfonamides is 1. The number of anilines is 1. The Labute approximate surface area is 303 Å². The molecule has 1 aliphatic heterocycles. The molecule has 0 aliphatic carbocycles. The first-order valence-corrected chi connectivity index (χ1v) is 18.8. The number of aromatic nitrogens is 4. The molecule has 1 fully saturated rings. The highest BCUT2D eigenvalue weighted by Gasteiger charge is 2.24. The van der Waals surface area contributed by atoms with Crippen molar-refractivity contribution in [3.8, 4) is 17.1 Å². The maximum absolute atomic E-state index is 13.4. The normalized spacial score (nSPS) is 15.8. The van der Waals surface area contributed by atoms with Crippen molar-refractivity contribution in [1.82, 2.24) is 25.3 Å². The molecule has 2 aromatic carbocycles. The van der Waals surface area contributed by atoms with E-state index >= 15 is 0 Å². The van der Waals surface area contributed by atoms with Crippen LogP contribution in [0.1, 0.15) is 79.4 Å². The molecule has 2 atom stereocenters. The average Bonchev–Trinajstić information content (AvgIpc) is 3.54. The standard InChI is InChI=1S/C38H44N6O7S/c1-23-10-8-11-24(2)34(23)30-19-33(43-37(42-30)44-52(47,48)29-14-9-12-25(16-29)36(45)46)50-22-26(17-28-13-6-7-15-49-28)39-20-27-21-40-35-31(41-27)18-32(51-35)38(3,4)5/h8-12,14,16,18-19,21,26,28,39H,6-7,13,15,17,20,22H2,1-5H3,(H,45,46)(H,42,43,44)/t26?,28-/m1/s1. The van der Waals surface area contributed by atoms with Gasteiger partial charge in [-0.2, -0.15) is 4.98 Å². The Kier molecular flexibility index (Phi) is 10.9. The van der Waals surface area contributed by atoms with Gasteiger partial charge in [-0.05, 0) is 68.9 Å². The Morgan fingerprint density at radius 3 is 2.52 bits per heavy atom. The van der Waals surface area contributed by atoms with Crippen LogP contribution in [-0.4, -0.2) is 64.8 Å². The van der Waals surface area contributed by atoms with Crippen molar-refractivity contribution in [2.24, 2.45) is 0 Å². The van der Waals surface area contributed by atoms with Crippen LogP contribution in [0.4, 0.5) is 5.95 Å². The van der Waals surface area contributed by atoms with Crippen molar-refractivity contribution in [3.05, 3.63) is 88.9 Å². The van der Waals surface area contributed by atoms with E-state index in [0.717, 1.165) is 53.5 Å². The molecule has 52 heavy (non-hydrogen) atoms. The third-order valence-corrected chi connectivity index (χ3v) is 10.2. The van der Waals surface area contributed by atoms with Gasteiger partial charge in [0.2, 0.25) is 17.5 Å². The molecule has 0 saturated carbocycles. The summed E-state index contributed by atoms with van der Waals surface area (Å²) in [5.41, 5.74) is 4.75. The van der Waals surface area contributed by atoms with Gasteiger partial charge in [0.25, 0.3) is 10.0 Å². The molecule has 14 heteroatoms. The summed E-state index contributed by atoms with van der Waals surface area (Å²) in [5, 5.41) is 13.0. The van der Waals surface area contributed by atoms with Gasteiger partial charge in [-0.3, -0.25) is 0 Å². The Morgan fingerprint density at radius 1 is 1.04 bits per heavy atom. The largest absolute Gasteiger partial charge is 0.478 e. The Bertz CT molecular complexity index is 2150. The second-order valence-electron chi connectivity index (χ2n) is 14.1. The van der Waals surface area contributed by atoms with Crippen LogP contribution in [0.2, 0.25) is 0 Å². The number of nitrogens with one attached hydrogen (secondary N) is 2. The zero-order chi connectivity index (χ0) is 37.0. The molecule has 1 unspecified atom stereocenters. The molecule has 1 aliphatic rings. The third kappa shape index (κ3) is 8.92. The van der Waals surface area contributed by atoms with Crippen LogP contribution < -0.4 is 14.8 Å². The molecular formula is C38H44N6O7S. The van der Waals surface area contributed by atoms with E-state index < -0.39 is 16.0 Å². The predicted molar refractivity (Wildman–Crippen MR) is 196 cm³/mol. The first kappa shape index (κ1) is 36.9. The lowest BCUT2D eigenvalue weighted by molar-refractivity contribution is 0.00183. The summed E-state index contributed by atoms with van der Waals surface area (Å²) >= 11 is 0. The number of carbonyl (C=O) groups is 1. The number of ether oxygens (including phenoxy) is 2. The molecular weight excluding hydrogens is 685 g/mol. The zero-order valence-electron chi connectivity index (χ0n) is 30.0. The number of furan rings is 1. The van der Waals surface area contributed by atoms with Crippen molar-refractivity contribution in [2.75, 3.05) is 17.9 Å². The lowest BCUT2D eigenvalue weighted by Crippen LogP contribution is -2.39. The van der Waals surface area contributed by atoms with Crippen molar-refractivity contribution >= 4 is 33.2 Å². The molecule has 0 radical (unpaired) electrons. The molecule has 5 aromatic rings. The number of benzene rings is 2. The molecule has 3 aromatic heterocycles. The molecule has 6 rings (SSSR count). The van der Waals surface area contributed by atoms with E-state index in [9.17, 15) is 18.3 Å². The minimum atomic E-state index is -4.26. The van der Waals surface area contributed by atoms with Gasteiger partial charge in [-0.1, -0.05) is 45.0 Å². The highest BCUT2D eigenvalue weighted by atomic mass is 32.2. The fraction of sp³-hybridized carbons (Fsp3) is 0.395. The van der Waals surface area contributed by atoms with Crippen LogP contribution >= 0.6 is 0 Å². The summed E-state index contributed by atoms with van der Waals surface area (Å²) in [6.45, 7) is 11.4. The number of aromatic carboxylic acids is 1. The van der Waals surface area contributed by atoms with E-state index in [0.29, 0.717) is 36.5 Å². The number of hydrogen-bond donors (Lipinski definition) is 3. The van der Waals surface area contributed by atoms with E-state index in [-0.39, 0.29) is 46.5 Å². The summed E-state index contributed by atoms with van der Waals surface area (Å²) in [6.07, 6.45) is 5.47. The van der Waals surface area contributed by atoms with Gasteiger partial charge in [-0.25, -0.2) is 32.9 Å². The Balaban J connectivity index is 1.27. The van der Waals surface area contributed by atoms with Crippen LogP contribution in [-0.2, 0) is 26.7 Å². The SMILES string of the molecule is Cc1cccc(C)c1-c1cc(OCC(C[C@H]2CCCCO2)NCc2cnc3oc(C(C)(C)C)cc3n2)nc(NS(=O)(=O)c2cccc(C(=O)O)c2)n1. The smallest absolute Gasteiger partial charge is 0.335 e. The number of fused-ring (bicyclic) bond motifs is 1. The molecule has 4 heterocycles. The summed E-state index contributed by atoms with van der Waals surface area (Å²) in [4.78, 5) is 29.6. The lowest BCUT2D eigenvalue weighted by Gasteiger charge is -2.27. The number of nitrogens with zero attached hydrogens (tertiary/aromatic N) is 4. The Morgan fingerprint density at radius 2 is 1.81 bits per heavy atom. The highest BCUT2D eigenvalue weighted by Crippen LogP contribution is 2.30. The average molecular weight is 729 g/mol. The maximum Gasteiger partial charge on any atom is 0.335 e. The first-order valence-electron chi connectivity index (χ1n) is 17.3. The van der Waals surface area contributed by atoms with Gasteiger partial charge in [-0.15, -0.1) is 0 Å². The van der Waals surface area contributed by atoms with Crippen molar-refractivity contribution in [2.45, 2.75) is 89.3 Å². The number of aryl methyl sites for hydroxylation is 2. The van der Waals surface area contributed by atoms with Gasteiger partial charge < -0.3 is 24.3 Å². The Hall–Kier alpha value is -4.92. The van der Waals surface area contributed by atoms with Crippen molar-refractivity contribution in [1.29, 1.82) is 0 Å². The zero-order valence-corrected chi connectivity index (χ0v) is 30.8. The lowest BCUT2D eigenvalue weighted by atomic mass is 9.93. The summed E-state index contributed by atoms with van der Waals surface area (Å²) < 4.78 is 47.7. The molecule has 3 N–H and O–H groups in total. The van der Waals surface area contributed by atoms with Gasteiger partial charge >= 0.3 is 5.97 Å². The van der Waals surface area contributed by atoms with E-state index in [1.165, 1.54) is 18.2 Å².